The predicted octanol–water partition coefficient (Wildman–Crippen LogP) is 2.97. The van der Waals surface area contributed by atoms with Crippen molar-refractivity contribution < 1.29 is 4.74 Å². The third kappa shape index (κ3) is 3.02. The van der Waals surface area contributed by atoms with Gasteiger partial charge in [-0.15, -0.1) is 0 Å². The van der Waals surface area contributed by atoms with Gasteiger partial charge in [0.05, 0.1) is 7.11 Å². The number of rotatable bonds is 3. The van der Waals surface area contributed by atoms with E-state index in [0.717, 1.165) is 38.1 Å². The molecule has 1 heterocycles. The Labute approximate surface area is 120 Å². The van der Waals surface area contributed by atoms with Gasteiger partial charge in [0.2, 0.25) is 0 Å². The lowest BCUT2D eigenvalue weighted by Crippen LogP contribution is -2.16. The average Bonchev–Trinajstić information content (AvgIpc) is 2.72. The van der Waals surface area contributed by atoms with Crippen molar-refractivity contribution in [1.29, 1.82) is 0 Å². The number of methoxy groups -OCH3 is 1. The maximum absolute atomic E-state index is 5.29. The van der Waals surface area contributed by atoms with Gasteiger partial charge in [-0.2, -0.15) is 0 Å². The predicted molar refractivity (Wildman–Crippen MR) is 82.5 cm³/mol. The van der Waals surface area contributed by atoms with Gasteiger partial charge >= 0.3 is 0 Å². The smallest absolute Gasteiger partial charge is 0.119 e. The summed E-state index contributed by atoms with van der Waals surface area (Å²) in [6, 6.07) is 15.3. The van der Waals surface area contributed by atoms with Crippen LogP contribution in [0.15, 0.2) is 42.5 Å². The molecule has 1 aliphatic rings. The molecule has 0 bridgehead atoms. The van der Waals surface area contributed by atoms with Crippen LogP contribution in [0.2, 0.25) is 0 Å². The zero-order chi connectivity index (χ0) is 13.8. The molecule has 0 atom stereocenters. The van der Waals surface area contributed by atoms with Gasteiger partial charge in [-0.05, 0) is 66.7 Å². The monoisotopic (exact) mass is 267 g/mol. The summed E-state index contributed by atoms with van der Waals surface area (Å²) >= 11 is 0. The molecule has 0 unspecified atom stereocenters. The largest absolute Gasteiger partial charge is 0.497 e. The molecule has 2 nitrogen and oxygen atoms in total. The van der Waals surface area contributed by atoms with Crippen LogP contribution in [-0.2, 0) is 19.3 Å². The van der Waals surface area contributed by atoms with E-state index in [2.05, 4.69) is 41.7 Å². The third-order valence-electron chi connectivity index (χ3n) is 3.96. The first-order valence-corrected chi connectivity index (χ1v) is 7.29. The number of benzene rings is 2. The first-order valence-electron chi connectivity index (χ1n) is 7.29. The van der Waals surface area contributed by atoms with Crippen LogP contribution in [0.25, 0.3) is 0 Å². The molecule has 0 spiro atoms. The molecule has 104 valence electrons. The Bertz CT molecular complexity index is 592. The lowest BCUT2D eigenvalue weighted by atomic mass is 9.97. The number of nitrogens with one attached hydrogen (secondary N) is 1. The van der Waals surface area contributed by atoms with Crippen molar-refractivity contribution in [2.24, 2.45) is 0 Å². The quantitative estimate of drug-likeness (QED) is 0.923. The minimum atomic E-state index is 0.932. The molecule has 2 aromatic carbocycles. The lowest BCUT2D eigenvalue weighted by molar-refractivity contribution is 0.414. The Morgan fingerprint density at radius 3 is 2.60 bits per heavy atom. The van der Waals surface area contributed by atoms with Gasteiger partial charge in [-0.3, -0.25) is 0 Å². The van der Waals surface area contributed by atoms with Crippen molar-refractivity contribution in [3.8, 4) is 5.75 Å². The van der Waals surface area contributed by atoms with Crippen LogP contribution in [0.5, 0.6) is 5.75 Å². The summed E-state index contributed by atoms with van der Waals surface area (Å²) in [5, 5.41) is 3.46. The van der Waals surface area contributed by atoms with Gasteiger partial charge < -0.3 is 10.1 Å². The SMILES string of the molecule is COc1cccc(Cc2ccc3c(c2)CCNCC3)c1. The van der Waals surface area contributed by atoms with Gasteiger partial charge in [0.1, 0.15) is 5.75 Å². The van der Waals surface area contributed by atoms with Crippen molar-refractivity contribution in [3.63, 3.8) is 0 Å². The average molecular weight is 267 g/mol. The first kappa shape index (κ1) is 13.2. The van der Waals surface area contributed by atoms with Crippen LogP contribution in [0.3, 0.4) is 0 Å². The molecular formula is C18H21NO. The molecule has 0 saturated carbocycles. The molecule has 3 rings (SSSR count). The Balaban J connectivity index is 1.82. The molecular weight excluding hydrogens is 246 g/mol. The van der Waals surface area contributed by atoms with Gasteiger partial charge in [-0.1, -0.05) is 30.3 Å². The summed E-state index contributed by atoms with van der Waals surface area (Å²) in [5.74, 6) is 0.932. The van der Waals surface area contributed by atoms with Crippen molar-refractivity contribution in [1.82, 2.24) is 5.32 Å². The molecule has 2 heteroatoms. The van der Waals surface area contributed by atoms with Crippen molar-refractivity contribution >= 4 is 0 Å². The molecule has 2 aromatic rings. The summed E-state index contributed by atoms with van der Waals surface area (Å²) in [6.45, 7) is 2.19. The fourth-order valence-electron chi connectivity index (χ4n) is 2.86. The minimum absolute atomic E-state index is 0.932. The first-order chi connectivity index (χ1) is 9.85. The van der Waals surface area contributed by atoms with Gasteiger partial charge in [0, 0.05) is 0 Å². The number of hydrogen-bond donors (Lipinski definition) is 1. The van der Waals surface area contributed by atoms with Crippen molar-refractivity contribution in [2.45, 2.75) is 19.3 Å². The Morgan fingerprint density at radius 2 is 1.75 bits per heavy atom. The second-order valence-corrected chi connectivity index (χ2v) is 5.38. The number of fused-ring (bicyclic) bond motifs is 1. The van der Waals surface area contributed by atoms with E-state index < -0.39 is 0 Å². The zero-order valence-electron chi connectivity index (χ0n) is 12.0. The topological polar surface area (TPSA) is 21.3 Å². The third-order valence-corrected chi connectivity index (χ3v) is 3.96. The fourth-order valence-corrected chi connectivity index (χ4v) is 2.86. The lowest BCUT2D eigenvalue weighted by Gasteiger charge is -2.09. The van der Waals surface area contributed by atoms with E-state index >= 15 is 0 Å². The Morgan fingerprint density at radius 1 is 0.950 bits per heavy atom. The maximum Gasteiger partial charge on any atom is 0.119 e. The van der Waals surface area contributed by atoms with E-state index in [4.69, 9.17) is 4.74 Å². The number of hydrogen-bond acceptors (Lipinski definition) is 2. The van der Waals surface area contributed by atoms with Crippen molar-refractivity contribution in [2.75, 3.05) is 20.2 Å². The maximum atomic E-state index is 5.29. The summed E-state index contributed by atoms with van der Waals surface area (Å²) in [6.07, 6.45) is 3.26. The zero-order valence-corrected chi connectivity index (χ0v) is 12.0. The van der Waals surface area contributed by atoms with Crippen LogP contribution in [0.4, 0.5) is 0 Å². The standard InChI is InChI=1S/C18H21NO/c1-20-18-4-2-3-14(13-18)11-15-5-6-16-7-9-19-10-8-17(16)12-15/h2-6,12-13,19H,7-11H2,1H3. The van der Waals surface area contributed by atoms with Gasteiger partial charge in [0.15, 0.2) is 0 Å². The van der Waals surface area contributed by atoms with Crippen LogP contribution in [0, 0.1) is 0 Å². The molecule has 0 radical (unpaired) electrons. The van der Waals surface area contributed by atoms with Gasteiger partial charge in [0.25, 0.3) is 0 Å². The van der Waals surface area contributed by atoms with E-state index in [9.17, 15) is 0 Å². The molecule has 1 N–H and O–H groups in total. The molecule has 0 amide bonds. The highest BCUT2D eigenvalue weighted by Gasteiger charge is 2.08. The molecule has 0 fully saturated rings. The van der Waals surface area contributed by atoms with Crippen molar-refractivity contribution in [3.05, 3.63) is 64.7 Å². The fraction of sp³-hybridized carbons (Fsp3) is 0.333. The summed E-state index contributed by atoms with van der Waals surface area (Å²) in [4.78, 5) is 0. The highest BCUT2D eigenvalue weighted by Crippen LogP contribution is 2.20. The molecule has 0 aliphatic carbocycles. The second kappa shape index (κ2) is 6.10. The molecule has 0 aromatic heterocycles. The molecule has 0 saturated heterocycles. The Hall–Kier alpha value is -1.80. The molecule has 1 aliphatic heterocycles. The van der Waals surface area contributed by atoms with E-state index in [-0.39, 0.29) is 0 Å². The molecule has 20 heavy (non-hydrogen) atoms. The number of ether oxygens (including phenoxy) is 1. The summed E-state index contributed by atoms with van der Waals surface area (Å²) < 4.78 is 5.29. The van der Waals surface area contributed by atoms with Crippen LogP contribution in [0.1, 0.15) is 22.3 Å². The second-order valence-electron chi connectivity index (χ2n) is 5.38. The van der Waals surface area contributed by atoms with Crippen LogP contribution >= 0.6 is 0 Å². The van der Waals surface area contributed by atoms with E-state index in [0.29, 0.717) is 0 Å². The van der Waals surface area contributed by atoms with Crippen LogP contribution in [-0.4, -0.2) is 20.2 Å². The highest BCUT2D eigenvalue weighted by atomic mass is 16.5. The minimum Gasteiger partial charge on any atom is -0.497 e. The normalized spacial score (nSPS) is 14.4. The van der Waals surface area contributed by atoms with Crippen LogP contribution < -0.4 is 10.1 Å². The van der Waals surface area contributed by atoms with E-state index in [1.807, 2.05) is 6.07 Å². The summed E-state index contributed by atoms with van der Waals surface area (Å²) in [5.41, 5.74) is 5.70. The Kier molecular flexibility index (Phi) is 4.03. The highest BCUT2D eigenvalue weighted by molar-refractivity contribution is 5.37. The van der Waals surface area contributed by atoms with E-state index in [1.54, 1.807) is 7.11 Å². The summed E-state index contributed by atoms with van der Waals surface area (Å²) in [7, 11) is 1.72. The van der Waals surface area contributed by atoms with Gasteiger partial charge in [-0.25, -0.2) is 0 Å². The van der Waals surface area contributed by atoms with E-state index in [1.165, 1.54) is 22.3 Å².